The summed E-state index contributed by atoms with van der Waals surface area (Å²) in [5.74, 6) is 0.670. The summed E-state index contributed by atoms with van der Waals surface area (Å²) in [5.41, 5.74) is 0.843. The third-order valence-corrected chi connectivity index (χ3v) is 19.8. The molecule has 9 fully saturated rings. The number of hydrogen-bond acceptors (Lipinski definition) is 23. The summed E-state index contributed by atoms with van der Waals surface area (Å²) in [4.78, 5) is 0. The van der Waals surface area contributed by atoms with Gasteiger partial charge in [-0.3, -0.25) is 0 Å². The molecular weight excluding hydrogens is 981 g/mol. The van der Waals surface area contributed by atoms with Gasteiger partial charge in [-0.2, -0.15) is 0 Å². The van der Waals surface area contributed by atoms with E-state index in [9.17, 15) is 66.4 Å². The van der Waals surface area contributed by atoms with Crippen LogP contribution in [-0.2, 0) is 47.4 Å². The summed E-state index contributed by atoms with van der Waals surface area (Å²) < 4.78 is 61.9. The Balaban J connectivity index is 0.880. The van der Waals surface area contributed by atoms with Crippen molar-refractivity contribution in [3.8, 4) is 0 Å². The third kappa shape index (κ3) is 9.29. The zero-order chi connectivity index (χ0) is 53.1. The Morgan fingerprint density at radius 2 is 1.14 bits per heavy atom. The largest absolute Gasteiger partial charge is 0.394 e. The highest BCUT2D eigenvalue weighted by Crippen LogP contribution is 2.71. The van der Waals surface area contributed by atoms with Gasteiger partial charge in [-0.1, -0.05) is 39.3 Å². The summed E-state index contributed by atoms with van der Waals surface area (Å²) in [7, 11) is 0. The number of fused-ring (bicyclic) bond motifs is 7. The smallest absolute Gasteiger partial charge is 0.187 e. The zero-order valence-corrected chi connectivity index (χ0v) is 42.7. The second-order valence-electron chi connectivity index (χ2n) is 24.0. The van der Waals surface area contributed by atoms with Gasteiger partial charge in [-0.15, -0.1) is 0 Å². The molecule has 13 N–H and O–H groups in total. The van der Waals surface area contributed by atoms with Crippen LogP contribution in [0.4, 0.5) is 0 Å². The van der Waals surface area contributed by atoms with Gasteiger partial charge in [-0.25, -0.2) is 0 Å². The maximum Gasteiger partial charge on any atom is 0.187 e. The molecule has 23 nitrogen and oxygen atoms in total. The molecule has 4 aliphatic carbocycles. The fraction of sp³-hybridized carbons (Fsp3) is 0.961. The van der Waals surface area contributed by atoms with Crippen LogP contribution in [0.5, 0.6) is 0 Å². The number of hydrogen-bond donors (Lipinski definition) is 13. The molecule has 0 aromatic rings. The van der Waals surface area contributed by atoms with Crippen LogP contribution in [0.1, 0.15) is 86.0 Å². The minimum atomic E-state index is -1.97. The van der Waals surface area contributed by atoms with Crippen LogP contribution in [0.15, 0.2) is 11.6 Å². The van der Waals surface area contributed by atoms with E-state index in [0.29, 0.717) is 25.4 Å². The fourth-order valence-electron chi connectivity index (χ4n) is 15.5. The molecule has 1 spiro atoms. The zero-order valence-electron chi connectivity index (χ0n) is 42.7. The maximum absolute atomic E-state index is 12.4. The van der Waals surface area contributed by atoms with E-state index >= 15 is 0 Å². The standard InChI is InChI=1S/C51H82O23/c1-19-8-13-51(65-18-19)20(2)29-42(74-51)34(58)30-24-7-6-22-14-23(9-11-49(22,4)25(24)10-12-50(29,30)5)67-47-44(73-45-38(62)35(59)31(55)21(3)66-45)40(64)41(28(17-54)70-47)71-48-43(37(61)33(57)27(16-53)69-48)72-46-39(63)36(60)32(56)26(15-52)68-46/h6,19-21,23-48,52-64H,7-18H2,1-5H3/t19-,20+,21+,23-,24-,25-,26+,27+,28+,29+,30+,31+,32+,33+,34+,35-,36-,37-,38+,39+,40-,41+,42-,43+,44+,45-,46-,47+,48-,49+,50-,51-/m1/s1. The molecule has 10 rings (SSSR count). The second-order valence-corrected chi connectivity index (χ2v) is 24.0. The first-order chi connectivity index (χ1) is 35.1. The van der Waals surface area contributed by atoms with Gasteiger partial charge in [0.15, 0.2) is 30.9 Å². The molecule has 0 bridgehead atoms. The summed E-state index contributed by atoms with van der Waals surface area (Å²) >= 11 is 0. The van der Waals surface area contributed by atoms with E-state index in [4.69, 9.17) is 47.4 Å². The molecule has 0 radical (unpaired) electrons. The van der Waals surface area contributed by atoms with Gasteiger partial charge in [0.1, 0.15) is 91.6 Å². The molecule has 424 valence electrons. The number of aliphatic hydroxyl groups excluding tert-OH is 13. The molecule has 0 unspecified atom stereocenters. The van der Waals surface area contributed by atoms with Crippen molar-refractivity contribution < 1.29 is 114 Å². The van der Waals surface area contributed by atoms with Crippen LogP contribution in [0.25, 0.3) is 0 Å². The van der Waals surface area contributed by atoms with Crippen LogP contribution < -0.4 is 0 Å². The van der Waals surface area contributed by atoms with Crippen LogP contribution in [-0.4, -0.2) is 240 Å². The van der Waals surface area contributed by atoms with E-state index in [1.807, 2.05) is 0 Å². The highest BCUT2D eigenvalue weighted by molar-refractivity contribution is 5.27. The Bertz CT molecular complexity index is 1960. The monoisotopic (exact) mass is 1060 g/mol. The van der Waals surface area contributed by atoms with E-state index < -0.39 is 161 Å². The predicted octanol–water partition coefficient (Wildman–Crippen LogP) is -2.99. The first kappa shape index (κ1) is 56.1. The highest BCUT2D eigenvalue weighted by atomic mass is 16.8. The maximum atomic E-state index is 12.4. The Labute approximate surface area is 430 Å². The van der Waals surface area contributed by atoms with Gasteiger partial charge >= 0.3 is 0 Å². The lowest BCUT2D eigenvalue weighted by atomic mass is 9.46. The first-order valence-electron chi connectivity index (χ1n) is 27.0. The molecule has 0 amide bonds. The van der Waals surface area contributed by atoms with Crippen LogP contribution in [0.3, 0.4) is 0 Å². The van der Waals surface area contributed by atoms with E-state index in [0.717, 1.165) is 38.5 Å². The van der Waals surface area contributed by atoms with Gasteiger partial charge < -0.3 is 114 Å². The molecule has 3 saturated carbocycles. The molecule has 6 aliphatic heterocycles. The molecule has 0 aromatic heterocycles. The van der Waals surface area contributed by atoms with E-state index in [1.54, 1.807) is 0 Å². The van der Waals surface area contributed by atoms with Crippen LogP contribution in [0, 0.1) is 46.3 Å². The van der Waals surface area contributed by atoms with Gasteiger partial charge in [-0.05, 0) is 86.4 Å². The summed E-state index contributed by atoms with van der Waals surface area (Å²) in [5, 5.41) is 142. The molecule has 0 aromatic carbocycles. The highest BCUT2D eigenvalue weighted by Gasteiger charge is 2.72. The SMILES string of the molecule is C[C@@H]1CC[C@@]2(OC1)O[C@H]1[C@@H](O)[C@@H]3[C@@H]4CC=C5C[C@H](O[C@H]6O[C@@H](CO)[C@H](O[C@H]7O[C@@H](CO)[C@H](O)[C@@H](O)[C@@H]7O[C@H]7O[C@@H](CO)[C@H](O)[C@@H](O)[C@@H]7O)[C@@H](O)[C@@H]6O[C@H]6O[C@@H](C)[C@H](O)[C@@H](O)[C@@H]6O)CC[C@]5(C)[C@@H]4CC[C@]3(C)[C@H]1[C@@H]2C. The van der Waals surface area contributed by atoms with Crippen molar-refractivity contribution in [1.29, 1.82) is 0 Å². The van der Waals surface area contributed by atoms with Gasteiger partial charge in [0.05, 0.1) is 50.8 Å². The number of ether oxygens (including phenoxy) is 10. The Kier molecular flexibility index (Phi) is 16.2. The van der Waals surface area contributed by atoms with Gasteiger partial charge in [0.2, 0.25) is 0 Å². The molecule has 6 saturated heterocycles. The Morgan fingerprint density at radius 3 is 1.78 bits per heavy atom. The average molecular weight is 1060 g/mol. The van der Waals surface area contributed by atoms with Crippen molar-refractivity contribution in [2.75, 3.05) is 26.4 Å². The van der Waals surface area contributed by atoms with Crippen LogP contribution in [0.2, 0.25) is 0 Å². The fourth-order valence-corrected chi connectivity index (χ4v) is 15.5. The van der Waals surface area contributed by atoms with Crippen molar-refractivity contribution in [2.45, 2.75) is 233 Å². The molecule has 10 aliphatic rings. The molecule has 23 heteroatoms. The lowest BCUT2D eigenvalue weighted by Gasteiger charge is -2.59. The number of allylic oxidation sites excluding steroid dienone is 1. The lowest BCUT2D eigenvalue weighted by molar-refractivity contribution is -0.401. The summed E-state index contributed by atoms with van der Waals surface area (Å²) in [6.45, 7) is 8.74. The molecule has 32 atom stereocenters. The summed E-state index contributed by atoms with van der Waals surface area (Å²) in [6, 6.07) is 0. The molecule has 6 heterocycles. The van der Waals surface area contributed by atoms with Crippen molar-refractivity contribution in [1.82, 2.24) is 0 Å². The minimum Gasteiger partial charge on any atom is -0.394 e. The summed E-state index contributed by atoms with van der Waals surface area (Å²) in [6.07, 6.45) is -26.8. The topological polar surface area (TPSA) is 355 Å². The van der Waals surface area contributed by atoms with Gasteiger partial charge in [0, 0.05) is 18.3 Å². The number of rotatable bonds is 11. The second kappa shape index (κ2) is 21.4. The average Bonchev–Trinajstić information content (AvgIpc) is 3.80. The number of aliphatic hydroxyl groups is 13. The minimum absolute atomic E-state index is 0.0407. The lowest BCUT2D eigenvalue weighted by Crippen LogP contribution is -2.68. The third-order valence-electron chi connectivity index (χ3n) is 19.8. The van der Waals surface area contributed by atoms with Crippen molar-refractivity contribution in [3.63, 3.8) is 0 Å². The van der Waals surface area contributed by atoms with Crippen molar-refractivity contribution in [3.05, 3.63) is 11.6 Å². The molecule has 74 heavy (non-hydrogen) atoms. The van der Waals surface area contributed by atoms with Crippen LogP contribution >= 0.6 is 0 Å². The van der Waals surface area contributed by atoms with Crippen molar-refractivity contribution in [2.24, 2.45) is 46.3 Å². The Hall–Kier alpha value is -1.18. The predicted molar refractivity (Wildman–Crippen MR) is 248 cm³/mol. The Morgan fingerprint density at radius 1 is 0.554 bits per heavy atom. The quantitative estimate of drug-likeness (QED) is 0.0918. The van der Waals surface area contributed by atoms with Gasteiger partial charge in [0.25, 0.3) is 0 Å². The molecular formula is C51H82O23. The first-order valence-corrected chi connectivity index (χ1v) is 27.0. The normalized spacial score (nSPS) is 57.5. The van der Waals surface area contributed by atoms with E-state index in [1.165, 1.54) is 12.5 Å². The van der Waals surface area contributed by atoms with E-state index in [-0.39, 0.29) is 46.5 Å². The van der Waals surface area contributed by atoms with E-state index in [2.05, 4.69) is 33.8 Å². The van der Waals surface area contributed by atoms with Crippen molar-refractivity contribution >= 4 is 0 Å².